The van der Waals surface area contributed by atoms with Gasteiger partial charge in [0.05, 0.1) is 5.41 Å². The fourth-order valence-electron chi connectivity index (χ4n) is 8.86. The van der Waals surface area contributed by atoms with Crippen LogP contribution in [0, 0.1) is 0 Å². The first-order valence-corrected chi connectivity index (χ1v) is 17.7. The second-order valence-corrected chi connectivity index (χ2v) is 14.3. The number of nitrogens with one attached hydrogen (secondary N) is 1. The van der Waals surface area contributed by atoms with Gasteiger partial charge in [-0.05, 0) is 97.4 Å². The fourth-order valence-corrected chi connectivity index (χ4v) is 10.1. The second-order valence-electron chi connectivity index (χ2n) is 13.3. The molecule has 11 rings (SSSR count). The van der Waals surface area contributed by atoms with Crippen molar-refractivity contribution in [2.24, 2.45) is 0 Å². The van der Waals surface area contributed by atoms with Gasteiger partial charge in [0, 0.05) is 36.9 Å². The number of anilines is 2. The van der Waals surface area contributed by atoms with Crippen LogP contribution in [-0.2, 0) is 5.41 Å². The molecular formula is C47H29NS. The van der Waals surface area contributed by atoms with Gasteiger partial charge in [0.15, 0.2) is 0 Å². The molecule has 9 aromatic rings. The van der Waals surface area contributed by atoms with Crippen molar-refractivity contribution < 1.29 is 0 Å². The number of benzene rings is 8. The number of hydrogen-bond donors (Lipinski definition) is 1. The molecule has 228 valence electrons. The second kappa shape index (κ2) is 10.0. The molecule has 2 aliphatic rings. The number of fused-ring (bicyclic) bond motifs is 15. The topological polar surface area (TPSA) is 12.0 Å². The SMILES string of the molecule is c1ccc2c(c1)-c1ccccc1C21c2ccccc2-c2ccc(Nc3ccc(-c4cc5c6ccccc6sc5c5ccccc45)cc3)cc21. The van der Waals surface area contributed by atoms with Gasteiger partial charge in [-0.2, -0.15) is 0 Å². The smallest absolute Gasteiger partial charge is 0.0726 e. The van der Waals surface area contributed by atoms with Crippen molar-refractivity contribution in [3.8, 4) is 33.4 Å². The minimum Gasteiger partial charge on any atom is -0.356 e. The third kappa shape index (κ3) is 3.64. The van der Waals surface area contributed by atoms with Crippen LogP contribution in [-0.4, -0.2) is 0 Å². The van der Waals surface area contributed by atoms with Gasteiger partial charge >= 0.3 is 0 Å². The summed E-state index contributed by atoms with van der Waals surface area (Å²) in [4.78, 5) is 0. The van der Waals surface area contributed by atoms with Crippen LogP contribution in [0.3, 0.4) is 0 Å². The van der Waals surface area contributed by atoms with Crippen molar-refractivity contribution in [2.75, 3.05) is 5.32 Å². The molecule has 0 atom stereocenters. The third-order valence-electron chi connectivity index (χ3n) is 10.9. The van der Waals surface area contributed by atoms with E-state index in [1.54, 1.807) is 0 Å². The highest BCUT2D eigenvalue weighted by molar-refractivity contribution is 7.26. The van der Waals surface area contributed by atoms with E-state index < -0.39 is 0 Å². The minimum atomic E-state index is -0.341. The molecule has 0 amide bonds. The molecule has 1 spiro atoms. The predicted octanol–water partition coefficient (Wildman–Crippen LogP) is 13.0. The Labute approximate surface area is 288 Å². The molecule has 1 nitrogen and oxygen atoms in total. The molecule has 0 saturated carbocycles. The molecule has 1 heterocycles. The number of hydrogen-bond acceptors (Lipinski definition) is 2. The Hall–Kier alpha value is -5.96. The molecule has 0 unspecified atom stereocenters. The Bertz CT molecular complexity index is 2740. The fraction of sp³-hybridized carbons (Fsp3) is 0.0213. The molecule has 0 bridgehead atoms. The number of thiophene rings is 1. The summed E-state index contributed by atoms with van der Waals surface area (Å²) < 4.78 is 2.70. The quantitative estimate of drug-likeness (QED) is 0.203. The molecule has 8 aromatic carbocycles. The average molecular weight is 640 g/mol. The molecule has 1 N–H and O–H groups in total. The summed E-state index contributed by atoms with van der Waals surface area (Å²) in [6, 6.07) is 62.9. The lowest BCUT2D eigenvalue weighted by molar-refractivity contribution is 0.794. The maximum atomic E-state index is 3.78. The van der Waals surface area contributed by atoms with Crippen LogP contribution in [0.5, 0.6) is 0 Å². The Morgan fingerprint density at radius 3 is 1.57 bits per heavy atom. The van der Waals surface area contributed by atoms with Crippen LogP contribution in [0.25, 0.3) is 64.3 Å². The van der Waals surface area contributed by atoms with Gasteiger partial charge in [0.25, 0.3) is 0 Å². The van der Waals surface area contributed by atoms with Crippen LogP contribution in [0.2, 0.25) is 0 Å². The molecule has 2 heteroatoms. The van der Waals surface area contributed by atoms with E-state index in [1.807, 2.05) is 11.3 Å². The lowest BCUT2D eigenvalue weighted by atomic mass is 9.70. The predicted molar refractivity (Wildman–Crippen MR) is 208 cm³/mol. The minimum absolute atomic E-state index is 0.341. The van der Waals surface area contributed by atoms with E-state index in [0.29, 0.717) is 0 Å². The zero-order valence-corrected chi connectivity index (χ0v) is 27.4. The highest BCUT2D eigenvalue weighted by atomic mass is 32.1. The first-order chi connectivity index (χ1) is 24.3. The molecule has 0 radical (unpaired) electrons. The van der Waals surface area contributed by atoms with Gasteiger partial charge < -0.3 is 5.32 Å². The average Bonchev–Trinajstić information content (AvgIpc) is 3.79. The van der Waals surface area contributed by atoms with Crippen molar-refractivity contribution in [3.63, 3.8) is 0 Å². The monoisotopic (exact) mass is 639 g/mol. The Kier molecular flexibility index (Phi) is 5.53. The molecule has 0 saturated heterocycles. The van der Waals surface area contributed by atoms with E-state index in [2.05, 4.69) is 175 Å². The first kappa shape index (κ1) is 27.0. The largest absolute Gasteiger partial charge is 0.356 e. The van der Waals surface area contributed by atoms with E-state index in [-0.39, 0.29) is 5.41 Å². The van der Waals surface area contributed by atoms with E-state index in [9.17, 15) is 0 Å². The molecule has 0 aliphatic heterocycles. The van der Waals surface area contributed by atoms with Gasteiger partial charge in [-0.3, -0.25) is 0 Å². The molecule has 1 aromatic heterocycles. The van der Waals surface area contributed by atoms with Crippen LogP contribution in [0.15, 0.2) is 170 Å². The van der Waals surface area contributed by atoms with Crippen molar-refractivity contribution >= 4 is 53.7 Å². The lowest BCUT2D eigenvalue weighted by Gasteiger charge is -2.30. The Morgan fingerprint density at radius 2 is 0.898 bits per heavy atom. The molecule has 0 fully saturated rings. The lowest BCUT2D eigenvalue weighted by Crippen LogP contribution is -2.25. The van der Waals surface area contributed by atoms with Gasteiger partial charge in [-0.25, -0.2) is 0 Å². The zero-order chi connectivity index (χ0) is 32.1. The summed E-state index contributed by atoms with van der Waals surface area (Å²) in [6.07, 6.45) is 0. The summed E-state index contributed by atoms with van der Waals surface area (Å²) in [6.45, 7) is 0. The van der Waals surface area contributed by atoms with E-state index in [1.165, 1.54) is 86.6 Å². The zero-order valence-electron chi connectivity index (χ0n) is 26.6. The number of rotatable bonds is 3. The standard InChI is InChI=1S/C47H29NS/c1-2-16-38-32(11-1)39(28-40-37-15-6-10-20-45(37)49-46(38)40)29-21-23-30(24-22-29)48-31-25-26-36-35-14-5-9-19-43(35)47(44(36)27-31)41-17-7-3-12-33(41)34-13-4-8-18-42(34)47/h1-28,48H. The van der Waals surface area contributed by atoms with Gasteiger partial charge in [0.2, 0.25) is 0 Å². The van der Waals surface area contributed by atoms with Crippen LogP contribution >= 0.6 is 11.3 Å². The maximum Gasteiger partial charge on any atom is 0.0726 e. The van der Waals surface area contributed by atoms with Crippen LogP contribution in [0.4, 0.5) is 11.4 Å². The van der Waals surface area contributed by atoms with E-state index in [0.717, 1.165) is 11.4 Å². The third-order valence-corrected chi connectivity index (χ3v) is 12.1. The maximum absolute atomic E-state index is 3.78. The van der Waals surface area contributed by atoms with Crippen LogP contribution in [0.1, 0.15) is 22.3 Å². The summed E-state index contributed by atoms with van der Waals surface area (Å²) >= 11 is 1.89. The highest BCUT2D eigenvalue weighted by Gasteiger charge is 2.51. The first-order valence-electron chi connectivity index (χ1n) is 16.9. The molecular weight excluding hydrogens is 611 g/mol. The van der Waals surface area contributed by atoms with Gasteiger partial charge in [-0.1, -0.05) is 133 Å². The van der Waals surface area contributed by atoms with E-state index >= 15 is 0 Å². The van der Waals surface area contributed by atoms with Gasteiger partial charge in [0.1, 0.15) is 0 Å². The van der Waals surface area contributed by atoms with Gasteiger partial charge in [-0.15, -0.1) is 11.3 Å². The summed E-state index contributed by atoms with van der Waals surface area (Å²) in [7, 11) is 0. The van der Waals surface area contributed by atoms with Crippen LogP contribution < -0.4 is 5.32 Å². The Balaban J connectivity index is 1.02. The molecule has 2 aliphatic carbocycles. The van der Waals surface area contributed by atoms with Crippen molar-refractivity contribution in [2.45, 2.75) is 5.41 Å². The van der Waals surface area contributed by atoms with Crippen molar-refractivity contribution in [1.29, 1.82) is 0 Å². The highest BCUT2D eigenvalue weighted by Crippen LogP contribution is 2.63. The normalized spacial score (nSPS) is 13.5. The Morgan fingerprint density at radius 1 is 0.367 bits per heavy atom. The van der Waals surface area contributed by atoms with E-state index in [4.69, 9.17) is 0 Å². The van der Waals surface area contributed by atoms with Crippen molar-refractivity contribution in [1.82, 2.24) is 0 Å². The summed E-state index contributed by atoms with van der Waals surface area (Å²) in [5.41, 5.74) is 15.1. The van der Waals surface area contributed by atoms with Crippen molar-refractivity contribution in [3.05, 3.63) is 192 Å². The summed E-state index contributed by atoms with van der Waals surface area (Å²) in [5, 5.41) is 9.06. The molecule has 49 heavy (non-hydrogen) atoms. The summed E-state index contributed by atoms with van der Waals surface area (Å²) in [5.74, 6) is 0.